The van der Waals surface area contributed by atoms with Crippen molar-refractivity contribution in [1.29, 1.82) is 0 Å². The van der Waals surface area contributed by atoms with Gasteiger partial charge >= 0.3 is 0 Å². The van der Waals surface area contributed by atoms with E-state index in [1.54, 1.807) is 0 Å². The molecule has 2 aromatic heterocycles. The van der Waals surface area contributed by atoms with Crippen LogP contribution in [-0.2, 0) is 13.6 Å². The summed E-state index contributed by atoms with van der Waals surface area (Å²) in [6, 6.07) is 2.50. The van der Waals surface area contributed by atoms with Crippen LogP contribution in [0, 0.1) is 6.92 Å². The molecular formula is C13H22ClN5. The van der Waals surface area contributed by atoms with Gasteiger partial charge < -0.3 is 5.32 Å². The molecular weight excluding hydrogens is 262 g/mol. The first-order valence-electron chi connectivity index (χ1n) is 6.38. The van der Waals surface area contributed by atoms with E-state index in [1.165, 1.54) is 5.69 Å². The van der Waals surface area contributed by atoms with E-state index in [-0.39, 0.29) is 12.4 Å². The minimum Gasteiger partial charge on any atom is -0.364 e. The van der Waals surface area contributed by atoms with Crippen LogP contribution in [0.2, 0.25) is 0 Å². The van der Waals surface area contributed by atoms with Crippen LogP contribution in [0.5, 0.6) is 0 Å². The monoisotopic (exact) mass is 283 g/mol. The van der Waals surface area contributed by atoms with Crippen LogP contribution < -0.4 is 5.32 Å². The van der Waals surface area contributed by atoms with Gasteiger partial charge in [0.25, 0.3) is 0 Å². The highest BCUT2D eigenvalue weighted by Gasteiger charge is 2.09. The molecule has 0 saturated carbocycles. The summed E-state index contributed by atoms with van der Waals surface area (Å²) in [7, 11) is 1.95. The predicted molar refractivity (Wildman–Crippen MR) is 79.7 cm³/mol. The number of aromatic nitrogens is 4. The average Bonchev–Trinajstić information content (AvgIpc) is 2.94. The van der Waals surface area contributed by atoms with Gasteiger partial charge in [0.15, 0.2) is 0 Å². The molecule has 5 nitrogen and oxygen atoms in total. The van der Waals surface area contributed by atoms with Gasteiger partial charge in [-0.3, -0.25) is 9.36 Å². The zero-order chi connectivity index (χ0) is 13.1. The quantitative estimate of drug-likeness (QED) is 0.918. The zero-order valence-electron chi connectivity index (χ0n) is 11.9. The molecule has 0 aromatic carbocycles. The van der Waals surface area contributed by atoms with Gasteiger partial charge in [-0.2, -0.15) is 10.2 Å². The van der Waals surface area contributed by atoms with Crippen LogP contribution in [0.3, 0.4) is 0 Å². The summed E-state index contributed by atoms with van der Waals surface area (Å²) in [5.74, 6) is 1.06. The van der Waals surface area contributed by atoms with Crippen LogP contribution in [0.15, 0.2) is 18.5 Å². The highest BCUT2D eigenvalue weighted by Crippen LogP contribution is 2.16. The fraction of sp³-hybridized carbons (Fsp3) is 0.538. The fourth-order valence-corrected chi connectivity index (χ4v) is 2.03. The lowest BCUT2D eigenvalue weighted by atomic mass is 10.2. The zero-order valence-corrected chi connectivity index (χ0v) is 12.7. The summed E-state index contributed by atoms with van der Waals surface area (Å²) in [5, 5.41) is 12.0. The van der Waals surface area contributed by atoms with E-state index in [2.05, 4.69) is 47.0 Å². The summed E-state index contributed by atoms with van der Waals surface area (Å²) in [6.45, 7) is 7.19. The van der Waals surface area contributed by atoms with E-state index in [1.807, 2.05) is 24.1 Å². The Kier molecular flexibility index (Phi) is 5.42. The van der Waals surface area contributed by atoms with Crippen molar-refractivity contribution >= 4 is 18.2 Å². The van der Waals surface area contributed by atoms with Crippen LogP contribution >= 0.6 is 12.4 Å². The minimum atomic E-state index is 0. The third-order valence-electron chi connectivity index (χ3n) is 3.32. The van der Waals surface area contributed by atoms with E-state index in [4.69, 9.17) is 0 Å². The molecule has 0 aliphatic rings. The summed E-state index contributed by atoms with van der Waals surface area (Å²) in [5.41, 5.74) is 2.36. The summed E-state index contributed by atoms with van der Waals surface area (Å²) in [4.78, 5) is 0. The summed E-state index contributed by atoms with van der Waals surface area (Å²) in [6.07, 6.45) is 4.81. The molecule has 2 aromatic rings. The van der Waals surface area contributed by atoms with Gasteiger partial charge in [-0.15, -0.1) is 12.4 Å². The van der Waals surface area contributed by atoms with Gasteiger partial charge in [0.1, 0.15) is 5.82 Å². The first kappa shape index (κ1) is 15.6. The van der Waals surface area contributed by atoms with Gasteiger partial charge in [0.2, 0.25) is 0 Å². The van der Waals surface area contributed by atoms with Crippen molar-refractivity contribution in [3.63, 3.8) is 0 Å². The van der Waals surface area contributed by atoms with Crippen LogP contribution in [0.4, 0.5) is 5.82 Å². The molecule has 2 heterocycles. The minimum absolute atomic E-state index is 0. The molecule has 0 spiro atoms. The lowest BCUT2D eigenvalue weighted by Gasteiger charge is -2.15. The maximum atomic E-state index is 4.39. The molecule has 1 unspecified atom stereocenters. The Morgan fingerprint density at radius 3 is 2.68 bits per heavy atom. The van der Waals surface area contributed by atoms with Gasteiger partial charge in [-0.1, -0.05) is 6.92 Å². The Bertz CT molecular complexity index is 497. The van der Waals surface area contributed by atoms with E-state index in [9.17, 15) is 0 Å². The molecule has 2 rings (SSSR count). The topological polar surface area (TPSA) is 47.7 Å². The fourth-order valence-electron chi connectivity index (χ4n) is 2.03. The van der Waals surface area contributed by atoms with Crippen LogP contribution in [0.25, 0.3) is 0 Å². The number of rotatable bonds is 5. The highest BCUT2D eigenvalue weighted by atomic mass is 35.5. The van der Waals surface area contributed by atoms with Crippen LogP contribution in [-0.4, -0.2) is 19.6 Å². The summed E-state index contributed by atoms with van der Waals surface area (Å²) >= 11 is 0. The SMILES string of the molecule is CCC(C)n1nccc1CNc1c(C)cnn1C.Cl. The number of anilines is 1. The molecule has 0 radical (unpaired) electrons. The van der Waals surface area contributed by atoms with E-state index >= 15 is 0 Å². The standard InChI is InChI=1S/C13H21N5.ClH/c1-5-11(3)18-12(6-7-15-18)9-14-13-10(2)8-16-17(13)4;/h6-8,11,14H,5,9H2,1-4H3;1H. The maximum Gasteiger partial charge on any atom is 0.127 e. The van der Waals surface area contributed by atoms with Crippen molar-refractivity contribution in [3.05, 3.63) is 29.7 Å². The number of aryl methyl sites for hydroxylation is 2. The molecule has 0 amide bonds. The molecule has 1 N–H and O–H groups in total. The molecule has 0 bridgehead atoms. The summed E-state index contributed by atoms with van der Waals surface area (Å²) < 4.78 is 3.94. The lowest BCUT2D eigenvalue weighted by Crippen LogP contribution is -2.14. The Morgan fingerprint density at radius 1 is 1.37 bits per heavy atom. The molecule has 0 aliphatic heterocycles. The predicted octanol–water partition coefficient (Wildman–Crippen LogP) is 2.93. The Hall–Kier alpha value is -1.49. The number of nitrogens with zero attached hydrogens (tertiary/aromatic N) is 4. The molecule has 19 heavy (non-hydrogen) atoms. The molecule has 0 fully saturated rings. The van der Waals surface area contributed by atoms with Crippen LogP contribution in [0.1, 0.15) is 37.6 Å². The first-order chi connectivity index (χ1) is 8.63. The van der Waals surface area contributed by atoms with Gasteiger partial charge in [-0.25, -0.2) is 0 Å². The van der Waals surface area contributed by atoms with Gasteiger partial charge in [0, 0.05) is 24.8 Å². The maximum absolute atomic E-state index is 4.39. The van der Waals surface area contributed by atoms with Gasteiger partial charge in [-0.05, 0) is 26.3 Å². The van der Waals surface area contributed by atoms with Crippen molar-refractivity contribution < 1.29 is 0 Å². The highest BCUT2D eigenvalue weighted by molar-refractivity contribution is 5.85. The molecule has 1 atom stereocenters. The lowest BCUT2D eigenvalue weighted by molar-refractivity contribution is 0.462. The normalized spacial score (nSPS) is 12.0. The second kappa shape index (κ2) is 6.61. The Balaban J connectivity index is 0.00000180. The van der Waals surface area contributed by atoms with E-state index in [0.29, 0.717) is 6.04 Å². The van der Waals surface area contributed by atoms with Gasteiger partial charge in [0.05, 0.1) is 18.4 Å². The number of hydrogen-bond acceptors (Lipinski definition) is 3. The van der Waals surface area contributed by atoms with E-state index in [0.717, 1.165) is 24.3 Å². The van der Waals surface area contributed by atoms with Crippen molar-refractivity contribution in [2.45, 2.75) is 39.8 Å². The smallest absolute Gasteiger partial charge is 0.127 e. The second-order valence-corrected chi connectivity index (χ2v) is 4.68. The van der Waals surface area contributed by atoms with E-state index < -0.39 is 0 Å². The van der Waals surface area contributed by atoms with Crippen molar-refractivity contribution in [2.24, 2.45) is 7.05 Å². The van der Waals surface area contributed by atoms with Crippen molar-refractivity contribution in [1.82, 2.24) is 19.6 Å². The third-order valence-corrected chi connectivity index (χ3v) is 3.32. The second-order valence-electron chi connectivity index (χ2n) is 4.68. The molecule has 0 saturated heterocycles. The molecule has 106 valence electrons. The Morgan fingerprint density at radius 2 is 2.11 bits per heavy atom. The number of nitrogens with one attached hydrogen (secondary N) is 1. The third kappa shape index (κ3) is 3.29. The van der Waals surface area contributed by atoms with Crippen molar-refractivity contribution in [3.8, 4) is 0 Å². The first-order valence-corrected chi connectivity index (χ1v) is 6.38. The largest absolute Gasteiger partial charge is 0.364 e. The number of hydrogen-bond donors (Lipinski definition) is 1. The number of halogens is 1. The average molecular weight is 284 g/mol. The Labute approximate surface area is 120 Å². The molecule has 0 aliphatic carbocycles. The van der Waals surface area contributed by atoms with Crippen molar-refractivity contribution in [2.75, 3.05) is 5.32 Å². The molecule has 6 heteroatoms.